The van der Waals surface area contributed by atoms with Gasteiger partial charge in [-0.25, -0.2) is 4.39 Å². The SMILES string of the molecule is NC(=O)CCC(=O)N1C[C@@H](c2ccc(F)cc2)[C@@H]2[C@H]1C1CCN2CC1. The van der Waals surface area contributed by atoms with E-state index < -0.39 is 5.91 Å². The molecule has 4 aliphatic rings. The molecule has 0 unspecified atom stereocenters. The van der Waals surface area contributed by atoms with Gasteiger partial charge in [-0.2, -0.15) is 0 Å². The van der Waals surface area contributed by atoms with Gasteiger partial charge < -0.3 is 10.6 Å². The molecule has 0 radical (unpaired) electrons. The van der Waals surface area contributed by atoms with Crippen LogP contribution in [0.25, 0.3) is 0 Å². The van der Waals surface area contributed by atoms with Gasteiger partial charge in [0.25, 0.3) is 0 Å². The predicted octanol–water partition coefficient (Wildman–Crippen LogP) is 1.48. The summed E-state index contributed by atoms with van der Waals surface area (Å²) in [7, 11) is 0. The monoisotopic (exact) mass is 345 g/mol. The van der Waals surface area contributed by atoms with Crippen LogP contribution in [0.1, 0.15) is 37.2 Å². The molecule has 0 spiro atoms. The van der Waals surface area contributed by atoms with E-state index >= 15 is 0 Å². The average Bonchev–Trinajstić information content (AvgIpc) is 3.04. The second-order valence-corrected chi connectivity index (χ2v) is 7.53. The Morgan fingerprint density at radius 2 is 1.76 bits per heavy atom. The van der Waals surface area contributed by atoms with E-state index in [4.69, 9.17) is 5.73 Å². The van der Waals surface area contributed by atoms with Crippen molar-refractivity contribution in [3.05, 3.63) is 35.6 Å². The number of fused-ring (bicyclic) bond motifs is 2. The minimum atomic E-state index is -0.437. The van der Waals surface area contributed by atoms with Gasteiger partial charge in [0.05, 0.1) is 6.04 Å². The van der Waals surface area contributed by atoms with E-state index in [9.17, 15) is 14.0 Å². The summed E-state index contributed by atoms with van der Waals surface area (Å²) in [5.41, 5.74) is 6.30. The highest BCUT2D eigenvalue weighted by atomic mass is 19.1. The fourth-order valence-corrected chi connectivity index (χ4v) is 5.08. The van der Waals surface area contributed by atoms with Gasteiger partial charge in [-0.3, -0.25) is 14.5 Å². The second-order valence-electron chi connectivity index (χ2n) is 7.53. The molecule has 1 aromatic carbocycles. The maximum atomic E-state index is 13.3. The molecule has 5 nitrogen and oxygen atoms in total. The van der Waals surface area contributed by atoms with Crippen LogP contribution in [0.15, 0.2) is 24.3 Å². The summed E-state index contributed by atoms with van der Waals surface area (Å²) in [6.45, 7) is 2.80. The molecule has 2 N–H and O–H groups in total. The highest BCUT2D eigenvalue weighted by Crippen LogP contribution is 2.46. The van der Waals surface area contributed by atoms with Crippen LogP contribution < -0.4 is 5.73 Å². The molecule has 0 saturated carbocycles. The van der Waals surface area contributed by atoms with Crippen molar-refractivity contribution in [1.82, 2.24) is 9.80 Å². The van der Waals surface area contributed by atoms with Crippen molar-refractivity contribution < 1.29 is 14.0 Å². The Labute approximate surface area is 147 Å². The van der Waals surface area contributed by atoms with Crippen molar-refractivity contribution in [2.45, 2.75) is 43.7 Å². The molecule has 0 aliphatic carbocycles. The lowest BCUT2D eigenvalue weighted by molar-refractivity contribution is -0.137. The van der Waals surface area contributed by atoms with Crippen LogP contribution in [0, 0.1) is 11.7 Å². The number of rotatable bonds is 4. The van der Waals surface area contributed by atoms with Gasteiger partial charge in [0.1, 0.15) is 5.82 Å². The van der Waals surface area contributed by atoms with Crippen LogP contribution in [0.4, 0.5) is 4.39 Å². The molecule has 134 valence electrons. The van der Waals surface area contributed by atoms with Crippen molar-refractivity contribution in [2.24, 2.45) is 11.7 Å². The van der Waals surface area contributed by atoms with Crippen LogP contribution in [0.3, 0.4) is 0 Å². The third kappa shape index (κ3) is 2.92. The topological polar surface area (TPSA) is 66.6 Å². The van der Waals surface area contributed by atoms with E-state index in [1.165, 1.54) is 12.1 Å². The Morgan fingerprint density at radius 3 is 2.40 bits per heavy atom. The summed E-state index contributed by atoms with van der Waals surface area (Å²) >= 11 is 0. The van der Waals surface area contributed by atoms with Gasteiger partial charge in [0, 0.05) is 31.3 Å². The van der Waals surface area contributed by atoms with E-state index in [2.05, 4.69) is 4.90 Å². The summed E-state index contributed by atoms with van der Waals surface area (Å²) < 4.78 is 13.3. The Balaban J connectivity index is 1.62. The first-order chi connectivity index (χ1) is 12.0. The Bertz CT molecular complexity index is 670. The quantitative estimate of drug-likeness (QED) is 0.899. The zero-order valence-electron chi connectivity index (χ0n) is 14.2. The van der Waals surface area contributed by atoms with E-state index in [1.54, 1.807) is 0 Å². The van der Waals surface area contributed by atoms with Crippen LogP contribution in [0.2, 0.25) is 0 Å². The average molecular weight is 345 g/mol. The zero-order valence-corrected chi connectivity index (χ0v) is 14.2. The molecule has 1 aromatic rings. The lowest BCUT2D eigenvalue weighted by Gasteiger charge is -2.51. The highest BCUT2D eigenvalue weighted by Gasteiger charge is 2.54. The molecule has 6 heteroatoms. The number of nitrogens with zero attached hydrogens (tertiary/aromatic N) is 2. The lowest BCUT2D eigenvalue weighted by atomic mass is 9.75. The maximum absolute atomic E-state index is 13.3. The van der Waals surface area contributed by atoms with E-state index in [0.29, 0.717) is 18.5 Å². The number of carbonyl (C=O) groups excluding carboxylic acids is 2. The summed E-state index contributed by atoms with van der Waals surface area (Å²) in [6, 6.07) is 7.19. The minimum absolute atomic E-state index is 0.0205. The van der Waals surface area contributed by atoms with Crippen LogP contribution in [-0.4, -0.2) is 53.3 Å². The third-order valence-corrected chi connectivity index (χ3v) is 6.20. The third-order valence-electron chi connectivity index (χ3n) is 6.20. The van der Waals surface area contributed by atoms with Crippen LogP contribution in [-0.2, 0) is 9.59 Å². The predicted molar refractivity (Wildman–Crippen MR) is 91.2 cm³/mol. The number of primary amides is 1. The number of likely N-dealkylation sites (tertiary alicyclic amines) is 1. The number of amides is 2. The maximum Gasteiger partial charge on any atom is 0.223 e. The van der Waals surface area contributed by atoms with Gasteiger partial charge >= 0.3 is 0 Å². The minimum Gasteiger partial charge on any atom is -0.370 e. The Morgan fingerprint density at radius 1 is 1.08 bits per heavy atom. The molecule has 4 aliphatic heterocycles. The van der Waals surface area contributed by atoms with Crippen LogP contribution in [0.5, 0.6) is 0 Å². The largest absolute Gasteiger partial charge is 0.370 e. The number of hydrogen-bond donors (Lipinski definition) is 1. The van der Waals surface area contributed by atoms with Gasteiger partial charge in [0.15, 0.2) is 0 Å². The number of halogens is 1. The lowest BCUT2D eigenvalue weighted by Crippen LogP contribution is -2.60. The van der Waals surface area contributed by atoms with Crippen molar-refractivity contribution in [2.75, 3.05) is 19.6 Å². The van der Waals surface area contributed by atoms with Crippen LogP contribution >= 0.6 is 0 Å². The van der Waals surface area contributed by atoms with Crippen molar-refractivity contribution in [1.29, 1.82) is 0 Å². The summed E-state index contributed by atoms with van der Waals surface area (Å²) in [4.78, 5) is 28.3. The standard InChI is InChI=1S/C19H24FN3O2/c20-14-3-1-12(2-4-14)15-11-23(17(25)6-5-16(21)24)18-13-7-9-22(10-8-13)19(15)18/h1-4,13,15,18-19H,5-11H2,(H2,21,24)/t15-,18+,19+/m0/s1. The molecular formula is C19H24FN3O2. The smallest absolute Gasteiger partial charge is 0.223 e. The first-order valence-electron chi connectivity index (χ1n) is 9.12. The fourth-order valence-electron chi connectivity index (χ4n) is 5.08. The van der Waals surface area contributed by atoms with Gasteiger partial charge in [-0.1, -0.05) is 12.1 Å². The highest BCUT2D eigenvalue weighted by molar-refractivity contribution is 5.83. The summed E-state index contributed by atoms with van der Waals surface area (Å²) in [6.07, 6.45) is 2.53. The van der Waals surface area contributed by atoms with E-state index in [-0.39, 0.29) is 36.5 Å². The molecule has 4 heterocycles. The van der Waals surface area contributed by atoms with Crippen molar-refractivity contribution in [3.63, 3.8) is 0 Å². The summed E-state index contributed by atoms with van der Waals surface area (Å²) in [5, 5.41) is 0. The Hall–Kier alpha value is -1.95. The zero-order chi connectivity index (χ0) is 17.6. The second kappa shape index (κ2) is 6.41. The first kappa shape index (κ1) is 16.5. The number of hydrogen-bond acceptors (Lipinski definition) is 3. The number of carbonyl (C=O) groups is 2. The number of nitrogens with two attached hydrogens (primary N) is 1. The molecule has 5 rings (SSSR count). The number of benzene rings is 1. The Kier molecular flexibility index (Phi) is 4.23. The van der Waals surface area contributed by atoms with E-state index in [0.717, 1.165) is 31.5 Å². The molecule has 3 atom stereocenters. The molecule has 2 bridgehead atoms. The van der Waals surface area contributed by atoms with Gasteiger partial charge in [-0.05, 0) is 49.5 Å². The summed E-state index contributed by atoms with van der Waals surface area (Å²) in [5.74, 6) is 0.0719. The van der Waals surface area contributed by atoms with Crippen molar-refractivity contribution >= 4 is 11.8 Å². The molecule has 25 heavy (non-hydrogen) atoms. The van der Waals surface area contributed by atoms with Gasteiger partial charge in [-0.15, -0.1) is 0 Å². The van der Waals surface area contributed by atoms with Crippen molar-refractivity contribution in [3.8, 4) is 0 Å². The molecule has 4 saturated heterocycles. The first-order valence-corrected chi connectivity index (χ1v) is 9.12. The molecule has 4 fully saturated rings. The normalized spacial score (nSPS) is 33.3. The van der Waals surface area contributed by atoms with E-state index in [1.807, 2.05) is 17.0 Å². The molecular weight excluding hydrogens is 321 g/mol. The number of piperidine rings is 3. The molecule has 0 aromatic heterocycles. The van der Waals surface area contributed by atoms with Gasteiger partial charge in [0.2, 0.25) is 11.8 Å². The molecule has 2 amide bonds. The fraction of sp³-hybridized carbons (Fsp3) is 0.579.